The minimum absolute atomic E-state index is 0. The first kappa shape index (κ1) is 17.7. The van der Waals surface area contributed by atoms with Crippen LogP contribution in [0.15, 0.2) is 0 Å². The molecule has 1 rings (SSSR count). The molecule has 0 spiro atoms. The maximum atomic E-state index is 12.3. The lowest BCUT2D eigenvalue weighted by atomic mass is 9.87. The minimum Gasteiger partial charge on any atom is -0.349 e. The Labute approximate surface area is 118 Å². The van der Waals surface area contributed by atoms with E-state index in [9.17, 15) is 4.79 Å². The third-order valence-electron chi connectivity index (χ3n) is 4.33. The van der Waals surface area contributed by atoms with Gasteiger partial charge in [-0.05, 0) is 25.7 Å². The fourth-order valence-corrected chi connectivity index (χ4v) is 2.36. The highest BCUT2D eigenvalue weighted by Gasteiger charge is 2.31. The SMILES string of the molecule is CC(C)C(C)(CN)NC(=O)C1CCCCCC1.Cl. The first-order valence-corrected chi connectivity index (χ1v) is 7.01. The zero-order valence-corrected chi connectivity index (χ0v) is 12.8. The second-order valence-corrected chi connectivity index (χ2v) is 5.95. The van der Waals surface area contributed by atoms with Crippen molar-refractivity contribution in [2.24, 2.45) is 17.6 Å². The number of halogens is 1. The van der Waals surface area contributed by atoms with Crippen LogP contribution in [0.3, 0.4) is 0 Å². The molecule has 108 valence electrons. The summed E-state index contributed by atoms with van der Waals surface area (Å²) in [6.07, 6.45) is 7.04. The van der Waals surface area contributed by atoms with Gasteiger partial charge < -0.3 is 11.1 Å². The largest absolute Gasteiger partial charge is 0.349 e. The molecule has 0 bridgehead atoms. The van der Waals surface area contributed by atoms with Crippen LogP contribution in [0.5, 0.6) is 0 Å². The number of hydrogen-bond acceptors (Lipinski definition) is 2. The van der Waals surface area contributed by atoms with Crippen LogP contribution < -0.4 is 11.1 Å². The van der Waals surface area contributed by atoms with Crippen LogP contribution in [0.4, 0.5) is 0 Å². The number of rotatable bonds is 4. The molecule has 0 aromatic heterocycles. The van der Waals surface area contributed by atoms with Gasteiger partial charge in [0.2, 0.25) is 5.91 Å². The number of carbonyl (C=O) groups is 1. The molecule has 3 N–H and O–H groups in total. The van der Waals surface area contributed by atoms with E-state index in [0.717, 1.165) is 12.8 Å². The van der Waals surface area contributed by atoms with E-state index >= 15 is 0 Å². The maximum Gasteiger partial charge on any atom is 0.223 e. The van der Waals surface area contributed by atoms with Crippen molar-refractivity contribution in [1.82, 2.24) is 5.32 Å². The average Bonchev–Trinajstić information content (AvgIpc) is 2.57. The predicted octanol–water partition coefficient (Wildman–Crippen LogP) is 2.87. The van der Waals surface area contributed by atoms with Crippen LogP contribution in [-0.2, 0) is 4.79 Å². The molecular formula is C14H29ClN2O. The van der Waals surface area contributed by atoms with Gasteiger partial charge in [-0.1, -0.05) is 39.5 Å². The Balaban J connectivity index is 0.00000289. The lowest BCUT2D eigenvalue weighted by Crippen LogP contribution is -2.56. The molecule has 0 aliphatic heterocycles. The Morgan fingerprint density at radius 1 is 1.28 bits per heavy atom. The van der Waals surface area contributed by atoms with E-state index in [-0.39, 0.29) is 29.8 Å². The summed E-state index contributed by atoms with van der Waals surface area (Å²) in [4.78, 5) is 12.3. The van der Waals surface area contributed by atoms with Gasteiger partial charge in [-0.15, -0.1) is 12.4 Å². The van der Waals surface area contributed by atoms with Crippen LogP contribution in [0.25, 0.3) is 0 Å². The molecule has 0 heterocycles. The van der Waals surface area contributed by atoms with Gasteiger partial charge in [0, 0.05) is 12.5 Å². The second-order valence-electron chi connectivity index (χ2n) is 5.95. The van der Waals surface area contributed by atoms with Gasteiger partial charge in [0.05, 0.1) is 5.54 Å². The van der Waals surface area contributed by atoms with E-state index in [1.165, 1.54) is 25.7 Å². The summed E-state index contributed by atoms with van der Waals surface area (Å²) in [5, 5.41) is 3.18. The van der Waals surface area contributed by atoms with Crippen molar-refractivity contribution < 1.29 is 4.79 Å². The normalized spacial score (nSPS) is 20.7. The molecule has 1 atom stereocenters. The summed E-state index contributed by atoms with van der Waals surface area (Å²) < 4.78 is 0. The van der Waals surface area contributed by atoms with Crippen LogP contribution in [0.2, 0.25) is 0 Å². The van der Waals surface area contributed by atoms with Gasteiger partial charge in [-0.2, -0.15) is 0 Å². The molecule has 0 aromatic rings. The molecule has 1 aliphatic rings. The van der Waals surface area contributed by atoms with E-state index in [2.05, 4.69) is 19.2 Å². The molecule has 0 saturated heterocycles. The Hall–Kier alpha value is -0.280. The fourth-order valence-electron chi connectivity index (χ4n) is 2.36. The van der Waals surface area contributed by atoms with Gasteiger partial charge in [-0.25, -0.2) is 0 Å². The second kappa shape index (κ2) is 8.00. The molecule has 1 aliphatic carbocycles. The summed E-state index contributed by atoms with van der Waals surface area (Å²) >= 11 is 0. The number of nitrogens with two attached hydrogens (primary N) is 1. The first-order valence-electron chi connectivity index (χ1n) is 7.01. The molecule has 1 saturated carbocycles. The van der Waals surface area contributed by atoms with Gasteiger partial charge in [0.25, 0.3) is 0 Å². The molecule has 18 heavy (non-hydrogen) atoms. The Bertz CT molecular complexity index is 250. The number of amides is 1. The summed E-state index contributed by atoms with van der Waals surface area (Å²) in [6.45, 7) is 6.77. The van der Waals surface area contributed by atoms with E-state index < -0.39 is 0 Å². The van der Waals surface area contributed by atoms with Crippen LogP contribution in [0.1, 0.15) is 59.3 Å². The van der Waals surface area contributed by atoms with Gasteiger partial charge in [0.15, 0.2) is 0 Å². The van der Waals surface area contributed by atoms with Crippen LogP contribution in [0, 0.1) is 11.8 Å². The molecule has 1 amide bonds. The first-order chi connectivity index (χ1) is 7.99. The molecule has 0 radical (unpaired) electrons. The van der Waals surface area contributed by atoms with Gasteiger partial charge >= 0.3 is 0 Å². The topological polar surface area (TPSA) is 55.1 Å². The van der Waals surface area contributed by atoms with Crippen molar-refractivity contribution in [3.63, 3.8) is 0 Å². The molecule has 4 heteroatoms. The molecule has 0 aromatic carbocycles. The molecule has 3 nitrogen and oxygen atoms in total. The fraction of sp³-hybridized carbons (Fsp3) is 0.929. The van der Waals surface area contributed by atoms with Crippen molar-refractivity contribution in [2.45, 2.75) is 64.8 Å². The average molecular weight is 277 g/mol. The Morgan fingerprint density at radius 3 is 2.17 bits per heavy atom. The Morgan fingerprint density at radius 2 is 1.78 bits per heavy atom. The summed E-state index contributed by atoms with van der Waals surface area (Å²) in [5.74, 6) is 0.790. The summed E-state index contributed by atoms with van der Waals surface area (Å²) in [7, 11) is 0. The monoisotopic (exact) mass is 276 g/mol. The smallest absolute Gasteiger partial charge is 0.223 e. The third kappa shape index (κ3) is 4.77. The summed E-state index contributed by atoms with van der Waals surface area (Å²) in [5.41, 5.74) is 5.54. The molecular weight excluding hydrogens is 248 g/mol. The van der Waals surface area contributed by atoms with Crippen molar-refractivity contribution in [1.29, 1.82) is 0 Å². The van der Waals surface area contributed by atoms with E-state index in [1.54, 1.807) is 0 Å². The number of nitrogens with one attached hydrogen (secondary N) is 1. The van der Waals surface area contributed by atoms with Crippen LogP contribution in [-0.4, -0.2) is 18.0 Å². The zero-order chi connectivity index (χ0) is 12.9. The summed E-state index contributed by atoms with van der Waals surface area (Å²) in [6, 6.07) is 0. The lowest BCUT2D eigenvalue weighted by molar-refractivity contribution is -0.127. The highest BCUT2D eigenvalue weighted by Crippen LogP contribution is 2.24. The number of carbonyl (C=O) groups excluding carboxylic acids is 1. The van der Waals surface area contributed by atoms with Crippen molar-refractivity contribution in [3.05, 3.63) is 0 Å². The van der Waals surface area contributed by atoms with Crippen molar-refractivity contribution in [3.8, 4) is 0 Å². The lowest BCUT2D eigenvalue weighted by Gasteiger charge is -2.35. The molecule has 1 unspecified atom stereocenters. The van der Waals surface area contributed by atoms with Gasteiger partial charge in [0.1, 0.15) is 0 Å². The van der Waals surface area contributed by atoms with Crippen molar-refractivity contribution in [2.75, 3.05) is 6.54 Å². The number of hydrogen-bond donors (Lipinski definition) is 2. The molecule has 1 fully saturated rings. The standard InChI is InChI=1S/C14H28N2O.ClH/c1-11(2)14(3,10-15)16-13(17)12-8-6-4-5-7-9-12;/h11-12H,4-10,15H2,1-3H3,(H,16,17);1H. The van der Waals surface area contributed by atoms with Gasteiger partial charge in [-0.3, -0.25) is 4.79 Å². The van der Waals surface area contributed by atoms with Crippen LogP contribution >= 0.6 is 12.4 Å². The maximum absolute atomic E-state index is 12.3. The Kier molecular flexibility index (Phi) is 7.88. The zero-order valence-electron chi connectivity index (χ0n) is 12.0. The predicted molar refractivity (Wildman–Crippen MR) is 78.9 cm³/mol. The quantitative estimate of drug-likeness (QED) is 0.776. The van der Waals surface area contributed by atoms with E-state index in [0.29, 0.717) is 12.5 Å². The van der Waals surface area contributed by atoms with E-state index in [1.807, 2.05) is 6.92 Å². The minimum atomic E-state index is -0.261. The van der Waals surface area contributed by atoms with Crippen molar-refractivity contribution >= 4 is 18.3 Å². The third-order valence-corrected chi connectivity index (χ3v) is 4.33. The highest BCUT2D eigenvalue weighted by molar-refractivity contribution is 5.85. The van der Waals surface area contributed by atoms with E-state index in [4.69, 9.17) is 5.73 Å². The highest BCUT2D eigenvalue weighted by atomic mass is 35.5.